The second kappa shape index (κ2) is 6.58. The lowest BCUT2D eigenvalue weighted by atomic mass is 10.1. The first kappa shape index (κ1) is 14.5. The van der Waals surface area contributed by atoms with Crippen LogP contribution in [0.3, 0.4) is 0 Å². The lowest BCUT2D eigenvalue weighted by molar-refractivity contribution is -0.122. The van der Waals surface area contributed by atoms with Crippen LogP contribution in [0.4, 0.5) is 4.79 Å². The summed E-state index contributed by atoms with van der Waals surface area (Å²) >= 11 is 0.983. The third kappa shape index (κ3) is 3.26. The predicted molar refractivity (Wildman–Crippen MR) is 87.1 cm³/mol. The second-order valence-electron chi connectivity index (χ2n) is 4.86. The zero-order valence-electron chi connectivity index (χ0n) is 11.8. The number of imide groups is 1. The molecule has 1 aromatic carbocycles. The van der Waals surface area contributed by atoms with Crippen LogP contribution in [0.15, 0.2) is 59.8 Å². The van der Waals surface area contributed by atoms with Crippen LogP contribution in [-0.4, -0.2) is 27.6 Å². The number of rotatable bonds is 4. The normalized spacial score (nSPS) is 16.5. The van der Waals surface area contributed by atoms with E-state index in [4.69, 9.17) is 0 Å². The van der Waals surface area contributed by atoms with Gasteiger partial charge in [0.1, 0.15) is 0 Å². The zero-order chi connectivity index (χ0) is 15.4. The lowest BCUT2D eigenvalue weighted by Gasteiger charge is -2.12. The fraction of sp³-hybridized carbons (Fsp3) is 0.118. The highest BCUT2D eigenvalue weighted by Crippen LogP contribution is 2.32. The van der Waals surface area contributed by atoms with E-state index in [1.165, 1.54) is 4.90 Å². The van der Waals surface area contributed by atoms with Gasteiger partial charge in [-0.15, -0.1) is 0 Å². The van der Waals surface area contributed by atoms with Crippen molar-refractivity contribution in [3.8, 4) is 0 Å². The lowest BCUT2D eigenvalue weighted by Crippen LogP contribution is -2.30. The van der Waals surface area contributed by atoms with Gasteiger partial charge in [0.05, 0.1) is 4.91 Å². The Hall–Kier alpha value is -2.40. The molecule has 0 bridgehead atoms. The molecule has 5 heteroatoms. The number of nitrogens with zero attached hydrogens (tertiary/aromatic N) is 2. The van der Waals surface area contributed by atoms with Crippen LogP contribution >= 0.6 is 11.8 Å². The van der Waals surface area contributed by atoms with Crippen molar-refractivity contribution in [2.24, 2.45) is 0 Å². The monoisotopic (exact) mass is 310 g/mol. The molecule has 2 amide bonds. The molecule has 0 spiro atoms. The Bertz CT molecular complexity index is 714. The minimum absolute atomic E-state index is 0.212. The minimum Gasteiger partial charge on any atom is -0.268 e. The topological polar surface area (TPSA) is 50.3 Å². The number of pyridine rings is 1. The molecule has 22 heavy (non-hydrogen) atoms. The van der Waals surface area contributed by atoms with Crippen molar-refractivity contribution in [3.63, 3.8) is 0 Å². The molecule has 0 atom stereocenters. The molecule has 3 rings (SSSR count). The molecular formula is C17H14N2O2S. The molecule has 2 heterocycles. The van der Waals surface area contributed by atoms with Gasteiger partial charge in [-0.05, 0) is 41.5 Å². The number of carbonyl (C=O) groups is 2. The van der Waals surface area contributed by atoms with Crippen molar-refractivity contribution in [3.05, 3.63) is 70.9 Å². The summed E-state index contributed by atoms with van der Waals surface area (Å²) in [5.41, 5.74) is 1.92. The Balaban J connectivity index is 1.71. The Labute approximate surface area is 132 Å². The quantitative estimate of drug-likeness (QED) is 0.813. The Morgan fingerprint density at radius 3 is 2.64 bits per heavy atom. The van der Waals surface area contributed by atoms with Crippen molar-refractivity contribution in [2.75, 3.05) is 6.54 Å². The van der Waals surface area contributed by atoms with Crippen LogP contribution in [0.1, 0.15) is 11.1 Å². The standard InChI is InChI=1S/C17H14N2O2S/c20-16-15(11-14-7-4-9-18-12-14)22-17(21)19(16)10-8-13-5-2-1-3-6-13/h1-7,9,11-12H,8,10H2/b15-11+. The summed E-state index contributed by atoms with van der Waals surface area (Å²) in [6.45, 7) is 0.402. The Kier molecular flexibility index (Phi) is 4.34. The summed E-state index contributed by atoms with van der Waals surface area (Å²) in [4.78, 5) is 30.1. The predicted octanol–water partition coefficient (Wildman–Crippen LogP) is 3.36. The molecular weight excluding hydrogens is 296 g/mol. The van der Waals surface area contributed by atoms with Gasteiger partial charge < -0.3 is 0 Å². The van der Waals surface area contributed by atoms with Crippen LogP contribution in [0.2, 0.25) is 0 Å². The van der Waals surface area contributed by atoms with Gasteiger partial charge in [-0.3, -0.25) is 19.5 Å². The van der Waals surface area contributed by atoms with Gasteiger partial charge in [-0.2, -0.15) is 0 Å². The highest BCUT2D eigenvalue weighted by Gasteiger charge is 2.34. The number of hydrogen-bond donors (Lipinski definition) is 0. The Morgan fingerprint density at radius 2 is 1.91 bits per heavy atom. The maximum atomic E-state index is 12.3. The summed E-state index contributed by atoms with van der Waals surface area (Å²) < 4.78 is 0. The van der Waals surface area contributed by atoms with Crippen LogP contribution in [0.5, 0.6) is 0 Å². The number of benzene rings is 1. The summed E-state index contributed by atoms with van der Waals surface area (Å²) in [6, 6.07) is 13.5. The van der Waals surface area contributed by atoms with Crippen LogP contribution in [-0.2, 0) is 11.2 Å². The van der Waals surface area contributed by atoms with Gasteiger partial charge in [0.25, 0.3) is 11.1 Å². The maximum Gasteiger partial charge on any atom is 0.293 e. The molecule has 0 saturated carbocycles. The third-order valence-corrected chi connectivity index (χ3v) is 4.23. The SMILES string of the molecule is O=C1S/C(=C/c2cccnc2)C(=O)N1CCc1ccccc1. The minimum atomic E-state index is -0.227. The van der Waals surface area contributed by atoms with Crippen LogP contribution < -0.4 is 0 Å². The number of carbonyl (C=O) groups excluding carboxylic acids is 2. The molecule has 1 fully saturated rings. The van der Waals surface area contributed by atoms with Gasteiger partial charge >= 0.3 is 0 Å². The van der Waals surface area contributed by atoms with E-state index in [9.17, 15) is 9.59 Å². The number of thioether (sulfide) groups is 1. The van der Waals surface area contributed by atoms with Crippen molar-refractivity contribution < 1.29 is 9.59 Å². The van der Waals surface area contributed by atoms with Crippen LogP contribution in [0.25, 0.3) is 6.08 Å². The molecule has 1 aliphatic heterocycles. The Morgan fingerprint density at radius 1 is 1.09 bits per heavy atom. The largest absolute Gasteiger partial charge is 0.293 e. The molecule has 0 aliphatic carbocycles. The zero-order valence-corrected chi connectivity index (χ0v) is 12.6. The van der Waals surface area contributed by atoms with E-state index in [-0.39, 0.29) is 11.1 Å². The molecule has 1 aromatic heterocycles. The second-order valence-corrected chi connectivity index (χ2v) is 5.85. The average molecular weight is 310 g/mol. The van der Waals surface area contributed by atoms with E-state index in [1.807, 2.05) is 36.4 Å². The van der Waals surface area contributed by atoms with Gasteiger partial charge in [-0.1, -0.05) is 36.4 Å². The third-order valence-electron chi connectivity index (χ3n) is 3.32. The molecule has 4 nitrogen and oxygen atoms in total. The molecule has 110 valence electrons. The summed E-state index contributed by atoms with van der Waals surface area (Å²) in [7, 11) is 0. The van der Waals surface area contributed by atoms with Gasteiger partial charge in [0.2, 0.25) is 0 Å². The van der Waals surface area contributed by atoms with Gasteiger partial charge in [0.15, 0.2) is 0 Å². The summed E-state index contributed by atoms with van der Waals surface area (Å²) in [5, 5.41) is -0.212. The highest BCUT2D eigenvalue weighted by molar-refractivity contribution is 8.18. The molecule has 1 saturated heterocycles. The number of aromatic nitrogens is 1. The first-order chi connectivity index (χ1) is 10.7. The summed E-state index contributed by atoms with van der Waals surface area (Å²) in [6.07, 6.45) is 5.71. The van der Waals surface area contributed by atoms with E-state index in [2.05, 4.69) is 4.98 Å². The van der Waals surface area contributed by atoms with E-state index in [0.717, 1.165) is 22.9 Å². The van der Waals surface area contributed by atoms with Crippen LogP contribution in [0, 0.1) is 0 Å². The van der Waals surface area contributed by atoms with Crippen molar-refractivity contribution in [1.82, 2.24) is 9.88 Å². The molecule has 2 aromatic rings. The molecule has 0 N–H and O–H groups in total. The maximum absolute atomic E-state index is 12.3. The van der Waals surface area contributed by atoms with Crippen molar-refractivity contribution >= 4 is 29.0 Å². The van der Waals surface area contributed by atoms with Gasteiger partial charge in [0, 0.05) is 18.9 Å². The fourth-order valence-corrected chi connectivity index (χ4v) is 3.06. The van der Waals surface area contributed by atoms with E-state index < -0.39 is 0 Å². The van der Waals surface area contributed by atoms with E-state index in [0.29, 0.717) is 17.9 Å². The number of amides is 2. The van der Waals surface area contributed by atoms with Crippen molar-refractivity contribution in [2.45, 2.75) is 6.42 Å². The molecule has 1 aliphatic rings. The van der Waals surface area contributed by atoms with Gasteiger partial charge in [-0.25, -0.2) is 0 Å². The highest BCUT2D eigenvalue weighted by atomic mass is 32.2. The first-order valence-electron chi connectivity index (χ1n) is 6.93. The molecule has 0 unspecified atom stereocenters. The average Bonchev–Trinajstić information content (AvgIpc) is 2.81. The van der Waals surface area contributed by atoms with E-state index >= 15 is 0 Å². The molecule has 0 radical (unpaired) electrons. The summed E-state index contributed by atoms with van der Waals surface area (Å²) in [5.74, 6) is -0.227. The van der Waals surface area contributed by atoms with E-state index in [1.54, 1.807) is 24.5 Å². The smallest absolute Gasteiger partial charge is 0.268 e. The van der Waals surface area contributed by atoms with Crippen molar-refractivity contribution in [1.29, 1.82) is 0 Å². The number of hydrogen-bond acceptors (Lipinski definition) is 4. The fourth-order valence-electron chi connectivity index (χ4n) is 2.19. The first-order valence-corrected chi connectivity index (χ1v) is 7.75.